The maximum atomic E-state index is 13.0. The summed E-state index contributed by atoms with van der Waals surface area (Å²) in [5.41, 5.74) is 1.84. The Balaban J connectivity index is 1.35. The smallest absolute Gasteiger partial charge is 0.260 e. The molecule has 1 aromatic carbocycles. The van der Waals surface area contributed by atoms with E-state index in [-0.39, 0.29) is 30.5 Å². The lowest BCUT2D eigenvalue weighted by Crippen LogP contribution is -2.49. The Bertz CT molecular complexity index is 851. The highest BCUT2D eigenvalue weighted by Gasteiger charge is 2.33. The van der Waals surface area contributed by atoms with Crippen LogP contribution >= 0.6 is 11.3 Å². The molecule has 0 N–H and O–H groups in total. The largest absolute Gasteiger partial charge is 0.484 e. The summed E-state index contributed by atoms with van der Waals surface area (Å²) >= 11 is 1.66. The molecule has 0 bridgehead atoms. The van der Waals surface area contributed by atoms with E-state index in [4.69, 9.17) is 4.74 Å². The molecule has 1 aliphatic carbocycles. The number of ether oxygens (including phenoxy) is 1. The standard InChI is InChI=1S/C24H30N2O3S/c1-17-4-3-5-18(2)26(17)23(27)15-29-22-10-6-20(7-11-22)24(28)25(21-8-9-21)14-19-12-13-30-16-19/h6-7,10-13,16-18,21H,3-5,8-9,14-15H2,1-2H3. The number of carbonyl (C=O) groups excluding carboxylic acids is 2. The van der Waals surface area contributed by atoms with Gasteiger partial charge in [-0.2, -0.15) is 11.3 Å². The normalized spacial score (nSPS) is 21.3. The summed E-state index contributed by atoms with van der Waals surface area (Å²) in [5, 5.41) is 4.14. The lowest BCUT2D eigenvalue weighted by molar-refractivity contribution is -0.139. The summed E-state index contributed by atoms with van der Waals surface area (Å²) < 4.78 is 5.74. The summed E-state index contributed by atoms with van der Waals surface area (Å²) in [7, 11) is 0. The summed E-state index contributed by atoms with van der Waals surface area (Å²) in [6.07, 6.45) is 5.43. The quantitative estimate of drug-likeness (QED) is 0.644. The lowest BCUT2D eigenvalue weighted by Gasteiger charge is -2.38. The monoisotopic (exact) mass is 426 g/mol. The summed E-state index contributed by atoms with van der Waals surface area (Å²) in [6.45, 7) is 4.91. The number of likely N-dealkylation sites (tertiary alicyclic amines) is 1. The predicted octanol–water partition coefficient (Wildman–Crippen LogP) is 4.72. The first-order valence-corrected chi connectivity index (χ1v) is 11.8. The van der Waals surface area contributed by atoms with E-state index >= 15 is 0 Å². The van der Waals surface area contributed by atoms with Crippen LogP contribution in [-0.2, 0) is 11.3 Å². The van der Waals surface area contributed by atoms with E-state index in [9.17, 15) is 9.59 Å². The SMILES string of the molecule is CC1CCCC(C)N1C(=O)COc1ccc(C(=O)N(Cc2ccsc2)C2CC2)cc1. The van der Waals surface area contributed by atoms with Crippen molar-refractivity contribution in [1.82, 2.24) is 9.80 Å². The first kappa shape index (κ1) is 20.9. The van der Waals surface area contributed by atoms with Crippen LogP contribution in [0, 0.1) is 0 Å². The summed E-state index contributed by atoms with van der Waals surface area (Å²) in [6, 6.07) is 10.1. The van der Waals surface area contributed by atoms with Gasteiger partial charge in [0.2, 0.25) is 0 Å². The zero-order valence-electron chi connectivity index (χ0n) is 17.8. The molecule has 2 heterocycles. The van der Waals surface area contributed by atoms with Crippen molar-refractivity contribution in [3.05, 3.63) is 52.2 Å². The molecule has 1 saturated carbocycles. The Morgan fingerprint density at radius 1 is 1.07 bits per heavy atom. The average molecular weight is 427 g/mol. The molecule has 5 nitrogen and oxygen atoms in total. The number of benzene rings is 1. The van der Waals surface area contributed by atoms with Crippen LogP contribution in [0.2, 0.25) is 0 Å². The van der Waals surface area contributed by atoms with Crippen molar-refractivity contribution in [2.24, 2.45) is 0 Å². The molecule has 2 aliphatic rings. The maximum Gasteiger partial charge on any atom is 0.260 e. The average Bonchev–Trinajstić information content (AvgIpc) is 3.45. The van der Waals surface area contributed by atoms with Gasteiger partial charge < -0.3 is 14.5 Å². The lowest BCUT2D eigenvalue weighted by atomic mass is 9.97. The van der Waals surface area contributed by atoms with Crippen LogP contribution in [0.25, 0.3) is 0 Å². The highest BCUT2D eigenvalue weighted by molar-refractivity contribution is 7.07. The van der Waals surface area contributed by atoms with Crippen molar-refractivity contribution in [3.63, 3.8) is 0 Å². The second-order valence-electron chi connectivity index (χ2n) is 8.54. The van der Waals surface area contributed by atoms with Gasteiger partial charge in [0.15, 0.2) is 6.61 Å². The van der Waals surface area contributed by atoms with Gasteiger partial charge in [0.1, 0.15) is 5.75 Å². The van der Waals surface area contributed by atoms with Gasteiger partial charge in [-0.1, -0.05) is 0 Å². The number of carbonyl (C=O) groups is 2. The molecule has 1 saturated heterocycles. The van der Waals surface area contributed by atoms with Crippen molar-refractivity contribution in [2.45, 2.75) is 70.6 Å². The number of hydrogen-bond acceptors (Lipinski definition) is 4. The van der Waals surface area contributed by atoms with Crippen LogP contribution in [-0.4, -0.2) is 46.3 Å². The zero-order chi connectivity index (χ0) is 21.1. The second kappa shape index (κ2) is 9.21. The molecule has 2 amide bonds. The van der Waals surface area contributed by atoms with E-state index in [2.05, 4.69) is 25.3 Å². The first-order valence-electron chi connectivity index (χ1n) is 10.9. The minimum absolute atomic E-state index is 0.0329. The van der Waals surface area contributed by atoms with E-state index in [0.29, 0.717) is 23.9 Å². The van der Waals surface area contributed by atoms with Gasteiger partial charge in [-0.3, -0.25) is 9.59 Å². The van der Waals surface area contributed by atoms with Gasteiger partial charge in [0.05, 0.1) is 0 Å². The molecular weight excluding hydrogens is 396 g/mol. The first-order chi connectivity index (χ1) is 14.5. The molecule has 30 heavy (non-hydrogen) atoms. The molecule has 1 aliphatic heterocycles. The third-order valence-corrected chi connectivity index (χ3v) is 6.86. The van der Waals surface area contributed by atoms with Crippen molar-refractivity contribution >= 4 is 23.2 Å². The molecule has 1 aromatic heterocycles. The molecule has 2 atom stereocenters. The maximum absolute atomic E-state index is 13.0. The van der Waals surface area contributed by atoms with E-state index < -0.39 is 0 Å². The van der Waals surface area contributed by atoms with Crippen LogP contribution in [0.5, 0.6) is 5.75 Å². The van der Waals surface area contributed by atoms with Crippen molar-refractivity contribution in [1.29, 1.82) is 0 Å². The predicted molar refractivity (Wildman–Crippen MR) is 119 cm³/mol. The zero-order valence-corrected chi connectivity index (χ0v) is 18.6. The van der Waals surface area contributed by atoms with Crippen LogP contribution in [0.15, 0.2) is 41.1 Å². The number of piperidine rings is 1. The van der Waals surface area contributed by atoms with Crippen LogP contribution in [0.4, 0.5) is 0 Å². The van der Waals surface area contributed by atoms with Gasteiger partial charge in [-0.05, 0) is 92.6 Å². The highest BCUT2D eigenvalue weighted by Crippen LogP contribution is 2.30. The van der Waals surface area contributed by atoms with E-state index in [1.54, 1.807) is 35.6 Å². The topological polar surface area (TPSA) is 49.9 Å². The third-order valence-electron chi connectivity index (χ3n) is 6.13. The molecule has 160 valence electrons. The van der Waals surface area contributed by atoms with E-state index in [0.717, 1.165) is 25.7 Å². The van der Waals surface area contributed by atoms with Crippen molar-refractivity contribution < 1.29 is 14.3 Å². The number of rotatable bonds is 7. The van der Waals surface area contributed by atoms with Gasteiger partial charge in [0.25, 0.3) is 11.8 Å². The molecule has 6 heteroatoms. The molecular formula is C24H30N2O3S. The molecule has 0 spiro atoms. The van der Waals surface area contributed by atoms with Crippen LogP contribution in [0.3, 0.4) is 0 Å². The fraction of sp³-hybridized carbons (Fsp3) is 0.500. The molecule has 2 fully saturated rings. The van der Waals surface area contributed by atoms with Gasteiger partial charge in [-0.25, -0.2) is 0 Å². The number of hydrogen-bond donors (Lipinski definition) is 0. The minimum Gasteiger partial charge on any atom is -0.484 e. The third kappa shape index (κ3) is 4.86. The second-order valence-corrected chi connectivity index (χ2v) is 9.32. The molecule has 2 aromatic rings. The van der Waals surface area contributed by atoms with E-state index in [1.165, 1.54) is 12.0 Å². The number of amides is 2. The number of nitrogens with zero attached hydrogens (tertiary/aromatic N) is 2. The van der Waals surface area contributed by atoms with Gasteiger partial charge in [0, 0.05) is 30.2 Å². The number of thiophene rings is 1. The summed E-state index contributed by atoms with van der Waals surface area (Å²) in [5.74, 6) is 0.709. The van der Waals surface area contributed by atoms with Crippen molar-refractivity contribution in [2.75, 3.05) is 6.61 Å². The van der Waals surface area contributed by atoms with Gasteiger partial charge in [-0.15, -0.1) is 0 Å². The highest BCUT2D eigenvalue weighted by atomic mass is 32.1. The summed E-state index contributed by atoms with van der Waals surface area (Å²) in [4.78, 5) is 29.6. The van der Waals surface area contributed by atoms with E-state index in [1.807, 2.05) is 15.2 Å². The molecule has 2 unspecified atom stereocenters. The Hall–Kier alpha value is -2.34. The molecule has 4 rings (SSSR count). The van der Waals surface area contributed by atoms with Crippen molar-refractivity contribution in [3.8, 4) is 5.75 Å². The Morgan fingerprint density at radius 2 is 1.77 bits per heavy atom. The van der Waals surface area contributed by atoms with Crippen LogP contribution in [0.1, 0.15) is 61.9 Å². The Morgan fingerprint density at radius 3 is 2.37 bits per heavy atom. The van der Waals surface area contributed by atoms with Crippen LogP contribution < -0.4 is 4.74 Å². The minimum atomic E-state index is 0.0329. The molecule has 0 radical (unpaired) electrons. The Kier molecular flexibility index (Phi) is 6.42. The van der Waals surface area contributed by atoms with Gasteiger partial charge >= 0.3 is 0 Å². The fourth-order valence-electron chi connectivity index (χ4n) is 4.32. The Labute approximate surface area is 182 Å². The fourth-order valence-corrected chi connectivity index (χ4v) is 4.98.